The van der Waals surface area contributed by atoms with E-state index in [0.29, 0.717) is 11.4 Å². The quantitative estimate of drug-likeness (QED) is 0.154. The number of esters is 2. The van der Waals surface area contributed by atoms with E-state index < -0.39 is 35.3 Å². The molecule has 11 nitrogen and oxygen atoms in total. The van der Waals surface area contributed by atoms with Crippen molar-refractivity contribution in [2.45, 2.75) is 13.3 Å². The molecule has 0 saturated heterocycles. The van der Waals surface area contributed by atoms with Gasteiger partial charge in [-0.2, -0.15) is 0 Å². The predicted molar refractivity (Wildman–Crippen MR) is 162 cm³/mol. The molecule has 0 spiro atoms. The average Bonchev–Trinajstić information content (AvgIpc) is 3.54. The Bertz CT molecular complexity index is 1720. The van der Waals surface area contributed by atoms with Crippen LogP contribution in [0, 0.1) is 18.6 Å². The summed E-state index contributed by atoms with van der Waals surface area (Å²) in [6, 6.07) is 12.8. The number of hydrogen-bond acceptors (Lipinski definition) is 9. The number of halogens is 2. The second-order valence-corrected chi connectivity index (χ2v) is 10.2. The molecule has 0 aliphatic rings. The number of Topliss-reactive ketones (excluding diaryl/α,β-unsaturated/α-hetero) is 1. The molecular formula is C33H32F2N4O7. The van der Waals surface area contributed by atoms with Crippen LogP contribution in [-0.2, 0) is 25.5 Å². The molecule has 0 saturated carbocycles. The van der Waals surface area contributed by atoms with E-state index in [0.717, 1.165) is 11.6 Å². The summed E-state index contributed by atoms with van der Waals surface area (Å²) in [5.41, 5.74) is 2.36. The SMILES string of the molecule is COC(=O)CN(CCNC(=O)c1c[nH]c(-c2cc(Oc3cc(C(=O)Cc4cc(C)ccc4F)ccc3F)ccn2)c1)CC(=O)OC. The van der Waals surface area contributed by atoms with Gasteiger partial charge in [0.25, 0.3) is 5.91 Å². The van der Waals surface area contributed by atoms with E-state index in [1.807, 2.05) is 0 Å². The number of benzene rings is 2. The molecule has 240 valence electrons. The van der Waals surface area contributed by atoms with Crippen molar-refractivity contribution in [3.63, 3.8) is 0 Å². The molecule has 2 aromatic carbocycles. The van der Waals surface area contributed by atoms with E-state index >= 15 is 0 Å². The fraction of sp³-hybridized carbons (Fsp3) is 0.242. The van der Waals surface area contributed by atoms with Crippen LogP contribution < -0.4 is 10.1 Å². The molecule has 46 heavy (non-hydrogen) atoms. The smallest absolute Gasteiger partial charge is 0.319 e. The minimum atomic E-state index is -0.702. The van der Waals surface area contributed by atoms with Crippen LogP contribution in [0.1, 0.15) is 31.8 Å². The maximum atomic E-state index is 14.7. The molecule has 0 aliphatic heterocycles. The molecule has 4 rings (SSSR count). The van der Waals surface area contributed by atoms with Gasteiger partial charge in [0.2, 0.25) is 0 Å². The van der Waals surface area contributed by atoms with Crippen LogP contribution in [0.5, 0.6) is 11.5 Å². The number of nitrogens with zero attached hydrogens (tertiary/aromatic N) is 2. The van der Waals surface area contributed by atoms with Gasteiger partial charge < -0.3 is 24.5 Å². The minimum Gasteiger partial charge on any atom is -0.468 e. The van der Waals surface area contributed by atoms with E-state index in [9.17, 15) is 28.0 Å². The topological polar surface area (TPSA) is 140 Å². The fourth-order valence-electron chi connectivity index (χ4n) is 4.43. The number of aromatic amines is 1. The number of pyridine rings is 1. The number of methoxy groups -OCH3 is 2. The molecule has 4 aromatic rings. The first kappa shape index (κ1) is 33.5. The van der Waals surface area contributed by atoms with E-state index in [1.54, 1.807) is 25.1 Å². The lowest BCUT2D eigenvalue weighted by Crippen LogP contribution is -2.40. The van der Waals surface area contributed by atoms with Gasteiger partial charge in [0.05, 0.1) is 44.3 Å². The van der Waals surface area contributed by atoms with Crippen molar-refractivity contribution >= 4 is 23.6 Å². The first-order chi connectivity index (χ1) is 22.1. The third-order valence-electron chi connectivity index (χ3n) is 6.86. The first-order valence-corrected chi connectivity index (χ1v) is 14.1. The Hall–Kier alpha value is -5.43. The Morgan fingerprint density at radius 1 is 0.891 bits per heavy atom. The summed E-state index contributed by atoms with van der Waals surface area (Å²) < 4.78 is 43.9. The predicted octanol–water partition coefficient (Wildman–Crippen LogP) is 4.26. The van der Waals surface area contributed by atoms with Gasteiger partial charge in [0.1, 0.15) is 11.6 Å². The number of carbonyl (C=O) groups excluding carboxylic acids is 4. The Labute approximate surface area is 263 Å². The number of ether oxygens (including phenoxy) is 3. The summed E-state index contributed by atoms with van der Waals surface area (Å²) in [5.74, 6) is -3.08. The van der Waals surface area contributed by atoms with Crippen LogP contribution in [0.2, 0.25) is 0 Å². The molecule has 0 atom stereocenters. The Morgan fingerprint density at radius 3 is 2.33 bits per heavy atom. The molecule has 0 bridgehead atoms. The summed E-state index contributed by atoms with van der Waals surface area (Å²) in [6.45, 7) is 1.79. The van der Waals surface area contributed by atoms with Gasteiger partial charge >= 0.3 is 11.9 Å². The third-order valence-corrected chi connectivity index (χ3v) is 6.86. The van der Waals surface area contributed by atoms with Crippen molar-refractivity contribution in [3.05, 3.63) is 101 Å². The Morgan fingerprint density at radius 2 is 1.61 bits per heavy atom. The Balaban J connectivity index is 1.40. The molecule has 2 N–H and O–H groups in total. The highest BCUT2D eigenvalue weighted by atomic mass is 19.1. The van der Waals surface area contributed by atoms with E-state index in [4.69, 9.17) is 4.74 Å². The highest BCUT2D eigenvalue weighted by molar-refractivity contribution is 5.98. The fourth-order valence-corrected chi connectivity index (χ4v) is 4.43. The lowest BCUT2D eigenvalue weighted by Gasteiger charge is -2.19. The zero-order valence-electron chi connectivity index (χ0n) is 25.4. The number of carbonyl (C=O) groups is 4. The number of hydrogen-bond donors (Lipinski definition) is 2. The molecule has 0 aliphatic carbocycles. The second-order valence-electron chi connectivity index (χ2n) is 10.2. The van der Waals surface area contributed by atoms with E-state index in [2.05, 4.69) is 24.8 Å². The zero-order valence-corrected chi connectivity index (χ0v) is 25.4. The van der Waals surface area contributed by atoms with Crippen molar-refractivity contribution < 1.29 is 42.2 Å². The first-order valence-electron chi connectivity index (χ1n) is 14.1. The molecule has 1 amide bonds. The van der Waals surface area contributed by atoms with Crippen LogP contribution >= 0.6 is 0 Å². The van der Waals surface area contributed by atoms with Crippen molar-refractivity contribution in [2.75, 3.05) is 40.4 Å². The summed E-state index contributed by atoms with van der Waals surface area (Å²) in [6.07, 6.45) is 2.72. The van der Waals surface area contributed by atoms with E-state index in [-0.39, 0.29) is 60.8 Å². The van der Waals surface area contributed by atoms with Crippen molar-refractivity contribution in [2.24, 2.45) is 0 Å². The lowest BCUT2D eigenvalue weighted by atomic mass is 10.0. The molecule has 13 heteroatoms. The number of ketones is 1. The van der Waals surface area contributed by atoms with Gasteiger partial charge in [0.15, 0.2) is 17.3 Å². The van der Waals surface area contributed by atoms with Gasteiger partial charge in [-0.25, -0.2) is 8.78 Å². The van der Waals surface area contributed by atoms with Gasteiger partial charge in [0, 0.05) is 43.5 Å². The summed E-state index contributed by atoms with van der Waals surface area (Å²) in [5, 5.41) is 2.72. The number of nitrogens with one attached hydrogen (secondary N) is 2. The maximum absolute atomic E-state index is 14.7. The van der Waals surface area contributed by atoms with Gasteiger partial charge in [-0.05, 0) is 48.9 Å². The van der Waals surface area contributed by atoms with Crippen LogP contribution in [0.15, 0.2) is 67.0 Å². The van der Waals surface area contributed by atoms with Crippen molar-refractivity contribution in [1.82, 2.24) is 20.2 Å². The van der Waals surface area contributed by atoms with Gasteiger partial charge in [-0.3, -0.25) is 29.1 Å². The Kier molecular flexibility index (Phi) is 11.3. The summed E-state index contributed by atoms with van der Waals surface area (Å²) in [7, 11) is 2.47. The van der Waals surface area contributed by atoms with Crippen LogP contribution in [0.25, 0.3) is 11.4 Å². The summed E-state index contributed by atoms with van der Waals surface area (Å²) in [4.78, 5) is 57.6. The third kappa shape index (κ3) is 9.05. The monoisotopic (exact) mass is 634 g/mol. The van der Waals surface area contributed by atoms with E-state index in [1.165, 1.54) is 61.8 Å². The minimum absolute atomic E-state index is 0.127. The molecule has 0 fully saturated rings. The van der Waals surface area contributed by atoms with Crippen LogP contribution in [0.3, 0.4) is 0 Å². The lowest BCUT2D eigenvalue weighted by molar-refractivity contribution is -0.145. The van der Waals surface area contributed by atoms with Crippen molar-refractivity contribution in [1.29, 1.82) is 0 Å². The van der Waals surface area contributed by atoms with Gasteiger partial charge in [-0.1, -0.05) is 17.7 Å². The standard InChI is InChI=1S/C33H32F2N4O7/c1-20-4-6-25(34)22(12-20)14-29(40)21-5-7-26(35)30(15-21)46-24-8-9-36-28(16-24)27-13-23(17-38-27)33(43)37-10-11-39(18-31(41)44-2)19-32(42)45-3/h4-9,12-13,15-17,38H,10-11,14,18-19H2,1-3H3,(H,37,43). The number of aryl methyl sites for hydroxylation is 1. The van der Waals surface area contributed by atoms with Gasteiger partial charge in [-0.15, -0.1) is 0 Å². The number of amides is 1. The average molecular weight is 635 g/mol. The molecular weight excluding hydrogens is 602 g/mol. The molecule has 2 aromatic heterocycles. The molecule has 0 unspecified atom stereocenters. The largest absolute Gasteiger partial charge is 0.468 e. The number of aromatic nitrogens is 2. The zero-order chi connectivity index (χ0) is 33.2. The molecule has 2 heterocycles. The number of rotatable bonds is 14. The highest BCUT2D eigenvalue weighted by Gasteiger charge is 2.18. The van der Waals surface area contributed by atoms with Crippen LogP contribution in [0.4, 0.5) is 8.78 Å². The normalized spacial score (nSPS) is 10.8. The second kappa shape index (κ2) is 15.5. The highest BCUT2D eigenvalue weighted by Crippen LogP contribution is 2.29. The number of H-pyrrole nitrogens is 1. The summed E-state index contributed by atoms with van der Waals surface area (Å²) >= 11 is 0. The maximum Gasteiger partial charge on any atom is 0.319 e. The van der Waals surface area contributed by atoms with Crippen molar-refractivity contribution in [3.8, 4) is 22.9 Å². The van der Waals surface area contributed by atoms with Crippen LogP contribution in [-0.4, -0.2) is 78.9 Å². The molecule has 0 radical (unpaired) electrons.